The first-order valence-corrected chi connectivity index (χ1v) is 7.78. The quantitative estimate of drug-likeness (QED) is 0.739. The minimum atomic E-state index is -1.14. The molecule has 1 aromatic carbocycles. The summed E-state index contributed by atoms with van der Waals surface area (Å²) in [6.45, 7) is 1.24. The van der Waals surface area contributed by atoms with Crippen molar-refractivity contribution in [2.45, 2.75) is 13.0 Å². The van der Waals surface area contributed by atoms with E-state index in [9.17, 15) is 14.4 Å². The molecule has 0 bridgehead atoms. The topological polar surface area (TPSA) is 83.5 Å². The van der Waals surface area contributed by atoms with Crippen LogP contribution in [0, 0.1) is 0 Å². The minimum Gasteiger partial charge on any atom is -0.480 e. The summed E-state index contributed by atoms with van der Waals surface area (Å²) in [6, 6.07) is 3.53. The van der Waals surface area contributed by atoms with E-state index in [-0.39, 0.29) is 22.3 Å². The van der Waals surface area contributed by atoms with Gasteiger partial charge in [0.15, 0.2) is 5.78 Å². The maximum absolute atomic E-state index is 12.0. The summed E-state index contributed by atoms with van der Waals surface area (Å²) in [5, 5.41) is 11.9. The smallest absolute Gasteiger partial charge is 0.327 e. The molecule has 0 radical (unpaired) electrons. The van der Waals surface area contributed by atoms with Crippen molar-refractivity contribution in [3.63, 3.8) is 0 Å². The highest BCUT2D eigenvalue weighted by Gasteiger charge is 2.19. The number of amides is 1. The molecule has 0 heterocycles. The lowest BCUT2D eigenvalue weighted by Gasteiger charge is -2.12. The van der Waals surface area contributed by atoms with E-state index in [2.05, 4.69) is 5.32 Å². The number of carboxylic acid groups (broad SMARTS) is 1. The largest absolute Gasteiger partial charge is 0.480 e. The summed E-state index contributed by atoms with van der Waals surface area (Å²) in [5.41, 5.74) is 0.333. The minimum absolute atomic E-state index is 0.0602. The van der Waals surface area contributed by atoms with Crippen molar-refractivity contribution >= 4 is 52.6 Å². The van der Waals surface area contributed by atoms with Gasteiger partial charge < -0.3 is 10.4 Å². The van der Waals surface area contributed by atoms with Crippen LogP contribution < -0.4 is 5.32 Å². The Balaban J connectivity index is 2.56. The van der Waals surface area contributed by atoms with E-state index in [0.29, 0.717) is 10.6 Å². The average molecular weight is 350 g/mol. The van der Waals surface area contributed by atoms with Gasteiger partial charge in [0.05, 0.1) is 10.8 Å². The van der Waals surface area contributed by atoms with Crippen LogP contribution in [0.5, 0.6) is 0 Å². The Morgan fingerprint density at radius 3 is 2.52 bits per heavy atom. The standard InChI is InChI=1S/C13H13Cl2NO4S/c1-7(17)16-11(13(19)20)5-21-6-12(18)9-3-2-8(14)4-10(9)15/h2-4,11H,5-6H2,1H3,(H,16,17)(H,19,20)/t11-/m1/s1. The summed E-state index contributed by atoms with van der Waals surface area (Å²) in [7, 11) is 0. The van der Waals surface area contributed by atoms with E-state index in [1.165, 1.54) is 19.1 Å². The number of halogens is 2. The number of ketones is 1. The molecule has 5 nitrogen and oxygen atoms in total. The zero-order chi connectivity index (χ0) is 16.0. The Labute approximate surface area is 136 Å². The Bertz CT molecular complexity index is 565. The SMILES string of the molecule is CC(=O)N[C@H](CSCC(=O)c1ccc(Cl)cc1Cl)C(=O)O. The lowest BCUT2D eigenvalue weighted by molar-refractivity contribution is -0.140. The Hall–Kier alpha value is -1.24. The molecule has 1 rings (SSSR count). The van der Waals surface area contributed by atoms with Crippen LogP contribution in [-0.4, -0.2) is 40.3 Å². The predicted molar refractivity (Wildman–Crippen MR) is 83.4 cm³/mol. The van der Waals surface area contributed by atoms with Gasteiger partial charge in [-0.1, -0.05) is 23.2 Å². The van der Waals surface area contributed by atoms with Crippen LogP contribution in [0.15, 0.2) is 18.2 Å². The molecule has 1 atom stereocenters. The Morgan fingerprint density at radius 2 is 2.00 bits per heavy atom. The second-order valence-corrected chi connectivity index (χ2v) is 6.03. The highest BCUT2D eigenvalue weighted by molar-refractivity contribution is 8.00. The third kappa shape index (κ3) is 5.95. The van der Waals surface area contributed by atoms with Gasteiger partial charge in [-0.3, -0.25) is 9.59 Å². The first-order valence-electron chi connectivity index (χ1n) is 5.87. The number of Topliss-reactive ketones (excluding diaryl/α,β-unsaturated/α-hetero) is 1. The van der Waals surface area contributed by atoms with Crippen LogP contribution in [0.4, 0.5) is 0 Å². The van der Waals surface area contributed by atoms with Crippen LogP contribution in [0.2, 0.25) is 10.0 Å². The molecule has 21 heavy (non-hydrogen) atoms. The van der Waals surface area contributed by atoms with E-state index >= 15 is 0 Å². The van der Waals surface area contributed by atoms with Crippen LogP contribution in [0.25, 0.3) is 0 Å². The van der Waals surface area contributed by atoms with Gasteiger partial charge in [0.25, 0.3) is 0 Å². The molecular weight excluding hydrogens is 337 g/mol. The van der Waals surface area contributed by atoms with Crippen molar-refractivity contribution in [3.8, 4) is 0 Å². The maximum atomic E-state index is 12.0. The third-order valence-corrected chi connectivity index (χ3v) is 4.01. The molecule has 0 spiro atoms. The van der Waals surface area contributed by atoms with Gasteiger partial charge in [0, 0.05) is 23.3 Å². The van der Waals surface area contributed by atoms with Crippen molar-refractivity contribution < 1.29 is 19.5 Å². The molecule has 0 aromatic heterocycles. The summed E-state index contributed by atoms with van der Waals surface area (Å²) in [6.07, 6.45) is 0. The number of carbonyl (C=O) groups is 3. The molecule has 1 amide bonds. The predicted octanol–water partition coefficient (Wildman–Crippen LogP) is 2.50. The number of carbonyl (C=O) groups excluding carboxylic acids is 2. The molecule has 0 aliphatic carbocycles. The number of carboxylic acids is 1. The Morgan fingerprint density at radius 1 is 1.33 bits per heavy atom. The number of thioether (sulfide) groups is 1. The van der Waals surface area contributed by atoms with Crippen LogP contribution in [-0.2, 0) is 9.59 Å². The molecule has 0 aliphatic heterocycles. The lowest BCUT2D eigenvalue weighted by Crippen LogP contribution is -2.41. The third-order valence-electron chi connectivity index (χ3n) is 2.42. The van der Waals surface area contributed by atoms with Crippen molar-refractivity contribution in [1.29, 1.82) is 0 Å². The highest BCUT2D eigenvalue weighted by Crippen LogP contribution is 2.22. The molecule has 0 aliphatic rings. The lowest BCUT2D eigenvalue weighted by atomic mass is 10.1. The van der Waals surface area contributed by atoms with Crippen LogP contribution in [0.3, 0.4) is 0 Å². The normalized spacial score (nSPS) is 11.8. The summed E-state index contributed by atoms with van der Waals surface area (Å²) in [5.74, 6) is -1.66. The van der Waals surface area contributed by atoms with Crippen molar-refractivity contribution in [2.24, 2.45) is 0 Å². The van der Waals surface area contributed by atoms with E-state index < -0.39 is 17.9 Å². The van der Waals surface area contributed by atoms with Crippen LogP contribution >= 0.6 is 35.0 Å². The van der Waals surface area contributed by atoms with Gasteiger partial charge in [0.1, 0.15) is 6.04 Å². The second-order valence-electron chi connectivity index (χ2n) is 4.15. The molecule has 114 valence electrons. The molecule has 8 heteroatoms. The summed E-state index contributed by atoms with van der Waals surface area (Å²) >= 11 is 12.8. The van der Waals surface area contributed by atoms with Crippen molar-refractivity contribution in [2.75, 3.05) is 11.5 Å². The second kappa shape index (κ2) is 8.26. The number of aliphatic carboxylic acids is 1. The van der Waals surface area contributed by atoms with E-state index in [0.717, 1.165) is 11.8 Å². The number of hydrogen-bond acceptors (Lipinski definition) is 4. The number of hydrogen-bond donors (Lipinski definition) is 2. The number of nitrogens with one attached hydrogen (secondary N) is 1. The molecule has 2 N–H and O–H groups in total. The Kier molecular flexibility index (Phi) is 7.01. The van der Waals surface area contributed by atoms with E-state index in [4.69, 9.17) is 28.3 Å². The molecule has 0 unspecified atom stereocenters. The molecule has 0 saturated carbocycles. The van der Waals surface area contributed by atoms with Crippen molar-refractivity contribution in [3.05, 3.63) is 33.8 Å². The van der Waals surface area contributed by atoms with Gasteiger partial charge in [-0.2, -0.15) is 11.8 Å². The molecule has 1 aromatic rings. The first-order chi connectivity index (χ1) is 9.81. The fourth-order valence-corrected chi connectivity index (χ4v) is 2.92. The van der Waals surface area contributed by atoms with E-state index in [1.54, 1.807) is 6.07 Å². The highest BCUT2D eigenvalue weighted by atomic mass is 35.5. The van der Waals surface area contributed by atoms with Gasteiger partial charge in [-0.15, -0.1) is 0 Å². The maximum Gasteiger partial charge on any atom is 0.327 e. The molecular formula is C13H13Cl2NO4S. The zero-order valence-electron chi connectivity index (χ0n) is 11.1. The first kappa shape index (κ1) is 17.8. The van der Waals surface area contributed by atoms with Gasteiger partial charge in [-0.25, -0.2) is 4.79 Å². The number of benzene rings is 1. The molecule has 0 fully saturated rings. The van der Waals surface area contributed by atoms with Gasteiger partial charge in [-0.05, 0) is 18.2 Å². The van der Waals surface area contributed by atoms with Gasteiger partial charge >= 0.3 is 5.97 Å². The summed E-state index contributed by atoms with van der Waals surface area (Å²) < 4.78 is 0. The van der Waals surface area contributed by atoms with Crippen molar-refractivity contribution in [1.82, 2.24) is 5.32 Å². The average Bonchev–Trinajstić information content (AvgIpc) is 2.36. The zero-order valence-corrected chi connectivity index (χ0v) is 13.4. The fourth-order valence-electron chi connectivity index (χ4n) is 1.48. The van der Waals surface area contributed by atoms with E-state index in [1.807, 2.05) is 0 Å². The monoisotopic (exact) mass is 349 g/mol. The summed E-state index contributed by atoms with van der Waals surface area (Å²) in [4.78, 5) is 33.8. The van der Waals surface area contributed by atoms with Crippen LogP contribution in [0.1, 0.15) is 17.3 Å². The fraction of sp³-hybridized carbons (Fsp3) is 0.308. The van der Waals surface area contributed by atoms with Gasteiger partial charge in [0.2, 0.25) is 5.91 Å². The molecule has 0 saturated heterocycles. The number of rotatable bonds is 7.